The maximum atomic E-state index is 14.9. The molecule has 0 aliphatic carbocycles. The summed E-state index contributed by atoms with van der Waals surface area (Å²) < 4.78 is 43.9. The fourth-order valence-corrected chi connectivity index (χ4v) is 6.23. The van der Waals surface area contributed by atoms with Crippen LogP contribution < -0.4 is 9.62 Å². The number of rotatable bonds is 12. The minimum atomic E-state index is -4.19. The number of halogens is 1. The molecule has 0 unspecified atom stereocenters. The zero-order chi connectivity index (χ0) is 30.1. The number of para-hydroxylation sites is 1. The van der Waals surface area contributed by atoms with Crippen molar-refractivity contribution in [2.24, 2.45) is 0 Å². The summed E-state index contributed by atoms with van der Waals surface area (Å²) in [6.45, 7) is 3.03. The number of hydrogen-bond acceptors (Lipinski definition) is 4. The lowest BCUT2D eigenvalue weighted by atomic mass is 10.0. The van der Waals surface area contributed by atoms with Crippen LogP contribution in [0, 0.1) is 12.7 Å². The van der Waals surface area contributed by atoms with Gasteiger partial charge in [-0.3, -0.25) is 13.9 Å². The molecule has 0 aromatic heterocycles. The molecular weight excluding hydrogens is 553 g/mol. The third-order valence-electron chi connectivity index (χ3n) is 6.91. The van der Waals surface area contributed by atoms with Gasteiger partial charge in [0.2, 0.25) is 11.8 Å². The Morgan fingerprint density at radius 1 is 0.833 bits per heavy atom. The van der Waals surface area contributed by atoms with Gasteiger partial charge in [0, 0.05) is 25.1 Å². The van der Waals surface area contributed by atoms with Crippen LogP contribution in [-0.2, 0) is 32.6 Å². The molecular formula is C33H34FN3O4S. The van der Waals surface area contributed by atoms with Crippen molar-refractivity contribution in [2.75, 3.05) is 17.4 Å². The Morgan fingerprint density at radius 3 is 2.07 bits per heavy atom. The van der Waals surface area contributed by atoms with Crippen LogP contribution in [0.25, 0.3) is 0 Å². The van der Waals surface area contributed by atoms with E-state index < -0.39 is 40.2 Å². The first-order valence-corrected chi connectivity index (χ1v) is 15.1. The summed E-state index contributed by atoms with van der Waals surface area (Å²) in [7, 11) is -4.19. The summed E-state index contributed by atoms with van der Waals surface area (Å²) >= 11 is 0. The van der Waals surface area contributed by atoms with Gasteiger partial charge in [-0.15, -0.1) is 0 Å². The first-order valence-electron chi connectivity index (χ1n) is 13.7. The van der Waals surface area contributed by atoms with Crippen molar-refractivity contribution < 1.29 is 22.4 Å². The number of likely N-dealkylation sites (N-methyl/N-ethyl adjacent to an activating group) is 1. The molecule has 4 aromatic carbocycles. The number of aryl methyl sites for hydroxylation is 1. The quantitative estimate of drug-likeness (QED) is 0.250. The molecule has 0 spiro atoms. The summed E-state index contributed by atoms with van der Waals surface area (Å²) in [4.78, 5) is 29.1. The van der Waals surface area contributed by atoms with Gasteiger partial charge in [0.25, 0.3) is 10.0 Å². The number of hydrogen-bond donors (Lipinski definition) is 1. The van der Waals surface area contributed by atoms with Crippen LogP contribution in [0.5, 0.6) is 0 Å². The molecule has 0 saturated heterocycles. The molecule has 0 bridgehead atoms. The first-order chi connectivity index (χ1) is 20.2. The van der Waals surface area contributed by atoms with Crippen molar-refractivity contribution in [2.45, 2.75) is 37.8 Å². The SMILES string of the molecule is CCNC(=O)[C@@H](Cc1ccccc1)N(Cc1ccccc1F)C(=O)CN(c1ccccc1C)S(=O)(=O)c1ccccc1. The molecule has 0 fully saturated rings. The minimum Gasteiger partial charge on any atom is -0.355 e. The Hall–Kier alpha value is -4.50. The fourth-order valence-electron chi connectivity index (χ4n) is 4.73. The summed E-state index contributed by atoms with van der Waals surface area (Å²) in [5.41, 5.74) is 1.99. The van der Waals surface area contributed by atoms with Crippen LogP contribution in [0.2, 0.25) is 0 Å². The second kappa shape index (κ2) is 13.9. The Kier molecular flexibility index (Phi) is 10.1. The molecule has 0 heterocycles. The summed E-state index contributed by atoms with van der Waals surface area (Å²) in [6.07, 6.45) is 0.155. The van der Waals surface area contributed by atoms with Crippen LogP contribution in [0.3, 0.4) is 0 Å². The Balaban J connectivity index is 1.81. The van der Waals surface area contributed by atoms with Crippen LogP contribution in [-0.4, -0.2) is 44.3 Å². The highest BCUT2D eigenvalue weighted by molar-refractivity contribution is 7.92. The molecule has 1 N–H and O–H groups in total. The largest absolute Gasteiger partial charge is 0.355 e. The second-order valence-electron chi connectivity index (χ2n) is 9.82. The maximum Gasteiger partial charge on any atom is 0.264 e. The Bertz CT molecular complexity index is 1610. The van der Waals surface area contributed by atoms with Crippen molar-refractivity contribution >= 4 is 27.5 Å². The summed E-state index contributed by atoms with van der Waals surface area (Å²) in [5.74, 6) is -1.59. The van der Waals surface area contributed by atoms with E-state index in [1.54, 1.807) is 74.5 Å². The number of amides is 2. The number of carbonyl (C=O) groups excluding carboxylic acids is 2. The molecule has 42 heavy (non-hydrogen) atoms. The monoisotopic (exact) mass is 587 g/mol. The lowest BCUT2D eigenvalue weighted by Crippen LogP contribution is -2.53. The predicted octanol–water partition coefficient (Wildman–Crippen LogP) is 5.11. The van der Waals surface area contributed by atoms with E-state index in [0.29, 0.717) is 17.8 Å². The van der Waals surface area contributed by atoms with Crippen LogP contribution in [0.4, 0.5) is 10.1 Å². The van der Waals surface area contributed by atoms with Gasteiger partial charge in [0.05, 0.1) is 10.6 Å². The normalized spacial score (nSPS) is 11.9. The lowest BCUT2D eigenvalue weighted by Gasteiger charge is -2.34. The smallest absolute Gasteiger partial charge is 0.264 e. The number of nitrogens with zero attached hydrogens (tertiary/aromatic N) is 2. The molecule has 7 nitrogen and oxygen atoms in total. The fraction of sp³-hybridized carbons (Fsp3) is 0.212. The van der Waals surface area contributed by atoms with E-state index in [-0.39, 0.29) is 23.4 Å². The van der Waals surface area contributed by atoms with Crippen LogP contribution in [0.1, 0.15) is 23.6 Å². The molecule has 0 aliphatic heterocycles. The molecule has 0 saturated carbocycles. The zero-order valence-corrected chi connectivity index (χ0v) is 24.4. The van der Waals surface area contributed by atoms with Crippen molar-refractivity contribution in [3.05, 3.63) is 132 Å². The Labute approximate surface area is 246 Å². The average molecular weight is 588 g/mol. The van der Waals surface area contributed by atoms with Gasteiger partial charge in [0.1, 0.15) is 18.4 Å². The van der Waals surface area contributed by atoms with Gasteiger partial charge in [-0.1, -0.05) is 84.9 Å². The first kappa shape index (κ1) is 30.5. The van der Waals surface area contributed by atoms with E-state index in [9.17, 15) is 22.4 Å². The van der Waals surface area contributed by atoms with E-state index in [4.69, 9.17) is 0 Å². The highest BCUT2D eigenvalue weighted by Crippen LogP contribution is 2.27. The van der Waals surface area contributed by atoms with E-state index >= 15 is 0 Å². The molecule has 0 radical (unpaired) electrons. The molecule has 4 aromatic rings. The predicted molar refractivity (Wildman–Crippen MR) is 162 cm³/mol. The van der Waals surface area contributed by atoms with Gasteiger partial charge < -0.3 is 10.2 Å². The molecule has 9 heteroatoms. The minimum absolute atomic E-state index is 0.0197. The maximum absolute atomic E-state index is 14.9. The molecule has 218 valence electrons. The molecule has 4 rings (SSSR count). The molecule has 1 atom stereocenters. The number of anilines is 1. The van der Waals surface area contributed by atoms with E-state index in [2.05, 4.69) is 5.32 Å². The van der Waals surface area contributed by atoms with Crippen LogP contribution >= 0.6 is 0 Å². The number of benzene rings is 4. The molecule has 0 aliphatic rings. The summed E-state index contributed by atoms with van der Waals surface area (Å²) in [6, 6.07) is 28.9. The third kappa shape index (κ3) is 7.22. The van der Waals surface area contributed by atoms with Crippen molar-refractivity contribution in [1.82, 2.24) is 10.2 Å². The third-order valence-corrected chi connectivity index (χ3v) is 8.69. The number of sulfonamides is 1. The van der Waals surface area contributed by atoms with E-state index in [1.807, 2.05) is 30.3 Å². The topological polar surface area (TPSA) is 86.8 Å². The molecule has 2 amide bonds. The highest BCUT2D eigenvalue weighted by atomic mass is 32.2. The number of nitrogens with one attached hydrogen (secondary N) is 1. The second-order valence-corrected chi connectivity index (χ2v) is 11.7. The average Bonchev–Trinajstić information content (AvgIpc) is 3.00. The van der Waals surface area contributed by atoms with Gasteiger partial charge in [-0.25, -0.2) is 12.8 Å². The van der Waals surface area contributed by atoms with Crippen molar-refractivity contribution in [1.29, 1.82) is 0 Å². The van der Waals surface area contributed by atoms with Gasteiger partial charge in [-0.05, 0) is 49.2 Å². The lowest BCUT2D eigenvalue weighted by molar-refractivity contribution is -0.140. The zero-order valence-electron chi connectivity index (χ0n) is 23.6. The summed E-state index contributed by atoms with van der Waals surface area (Å²) in [5, 5.41) is 2.79. The highest BCUT2D eigenvalue weighted by Gasteiger charge is 2.35. The van der Waals surface area contributed by atoms with Gasteiger partial charge in [0.15, 0.2) is 0 Å². The van der Waals surface area contributed by atoms with E-state index in [1.165, 1.54) is 23.1 Å². The van der Waals surface area contributed by atoms with E-state index in [0.717, 1.165) is 9.87 Å². The van der Waals surface area contributed by atoms with Crippen LogP contribution in [0.15, 0.2) is 114 Å². The standard InChI is InChI=1S/C33H34FN3O4S/c1-3-35-33(39)31(22-26-15-6-4-7-16-26)36(23-27-17-11-12-20-29(27)34)32(38)24-37(30-21-13-10-14-25(30)2)42(40,41)28-18-8-5-9-19-28/h4-21,31H,3,22-24H2,1-2H3,(H,35,39)/t31-/m1/s1. The van der Waals surface area contributed by atoms with Gasteiger partial charge >= 0.3 is 0 Å². The Morgan fingerprint density at radius 2 is 1.43 bits per heavy atom. The van der Waals surface area contributed by atoms with Crippen molar-refractivity contribution in [3.63, 3.8) is 0 Å². The van der Waals surface area contributed by atoms with Crippen molar-refractivity contribution in [3.8, 4) is 0 Å². The number of carbonyl (C=O) groups is 2. The van der Waals surface area contributed by atoms with Gasteiger partial charge in [-0.2, -0.15) is 0 Å².